The van der Waals surface area contributed by atoms with E-state index in [2.05, 4.69) is 41.6 Å². The van der Waals surface area contributed by atoms with Gasteiger partial charge >= 0.3 is 6.36 Å². The van der Waals surface area contributed by atoms with E-state index in [1.807, 2.05) is 6.92 Å². The average molecular weight is 482 g/mol. The maximum Gasteiger partial charge on any atom is 0.573 e. The number of hydrogen-bond acceptors (Lipinski definition) is 9. The van der Waals surface area contributed by atoms with E-state index >= 15 is 0 Å². The van der Waals surface area contributed by atoms with Crippen LogP contribution in [0.4, 0.5) is 24.8 Å². The summed E-state index contributed by atoms with van der Waals surface area (Å²) in [6, 6.07) is 12.7. The van der Waals surface area contributed by atoms with Gasteiger partial charge in [-0.2, -0.15) is 5.26 Å². The van der Waals surface area contributed by atoms with Gasteiger partial charge in [0.05, 0.1) is 17.8 Å². The fourth-order valence-corrected chi connectivity index (χ4v) is 3.12. The number of nitriles is 1. The highest BCUT2D eigenvalue weighted by atomic mass is 19.4. The van der Waals surface area contributed by atoms with Gasteiger partial charge in [0.1, 0.15) is 24.3 Å². The van der Waals surface area contributed by atoms with Crippen LogP contribution in [0.5, 0.6) is 11.5 Å². The molecule has 0 saturated heterocycles. The Morgan fingerprint density at radius 1 is 1.09 bits per heavy atom. The maximum absolute atomic E-state index is 12.6. The van der Waals surface area contributed by atoms with Gasteiger partial charge in [-0.25, -0.2) is 14.6 Å². The summed E-state index contributed by atoms with van der Waals surface area (Å²) in [7, 11) is 0. The van der Waals surface area contributed by atoms with Gasteiger partial charge < -0.3 is 14.8 Å². The monoisotopic (exact) mass is 482 g/mol. The molecule has 1 atom stereocenters. The SMILES string of the molecule is CC(Cn1cnnn1)Oc1cc(-c2cnc(Nc3ccccc3OC(F)(F)F)nc2)ccc1C#N. The number of ether oxygens (including phenoxy) is 2. The summed E-state index contributed by atoms with van der Waals surface area (Å²) in [6.45, 7) is 2.20. The molecule has 2 aromatic heterocycles. The molecule has 35 heavy (non-hydrogen) atoms. The van der Waals surface area contributed by atoms with Crippen molar-refractivity contribution in [2.24, 2.45) is 0 Å². The molecular weight excluding hydrogens is 465 g/mol. The third kappa shape index (κ3) is 6.20. The standard InChI is InChI=1S/C22H17F3N8O2/c1-14(12-33-13-29-31-32-33)34-20-8-15(6-7-16(20)9-26)17-10-27-21(28-11-17)30-18-4-2-3-5-19(18)35-22(23,24)25/h2-8,10-11,13-14H,12H2,1H3,(H,27,28,30). The quantitative estimate of drug-likeness (QED) is 0.395. The van der Waals surface area contributed by atoms with Crippen LogP contribution in [0.15, 0.2) is 61.2 Å². The Hall–Kier alpha value is -4.73. The lowest BCUT2D eigenvalue weighted by Gasteiger charge is -2.16. The fraction of sp³-hybridized carbons (Fsp3) is 0.182. The lowest BCUT2D eigenvalue weighted by Crippen LogP contribution is -2.20. The molecular formula is C22H17F3N8O2. The zero-order valence-electron chi connectivity index (χ0n) is 18.1. The fourth-order valence-electron chi connectivity index (χ4n) is 3.12. The molecule has 13 heteroatoms. The van der Waals surface area contributed by atoms with Gasteiger partial charge in [-0.05, 0) is 47.2 Å². The molecule has 0 bridgehead atoms. The number of halogens is 3. The minimum absolute atomic E-state index is 0.0585. The van der Waals surface area contributed by atoms with Crippen molar-refractivity contribution in [1.82, 2.24) is 30.2 Å². The van der Waals surface area contributed by atoms with E-state index in [1.54, 1.807) is 24.3 Å². The maximum atomic E-state index is 12.6. The van der Waals surface area contributed by atoms with Gasteiger partial charge in [0.2, 0.25) is 5.95 Å². The highest BCUT2D eigenvalue weighted by molar-refractivity contribution is 5.67. The molecule has 2 heterocycles. The second kappa shape index (κ2) is 10.0. The van der Waals surface area contributed by atoms with Crippen molar-refractivity contribution in [3.8, 4) is 28.7 Å². The number of anilines is 2. The summed E-state index contributed by atoms with van der Waals surface area (Å²) in [5, 5.41) is 23.1. The van der Waals surface area contributed by atoms with Crippen LogP contribution < -0.4 is 14.8 Å². The van der Waals surface area contributed by atoms with E-state index in [4.69, 9.17) is 4.74 Å². The first-order valence-electron chi connectivity index (χ1n) is 10.2. The summed E-state index contributed by atoms with van der Waals surface area (Å²) in [5.41, 5.74) is 1.69. The van der Waals surface area contributed by atoms with Crippen LogP contribution in [0.25, 0.3) is 11.1 Å². The first-order chi connectivity index (χ1) is 16.8. The first-order valence-corrected chi connectivity index (χ1v) is 10.2. The van der Waals surface area contributed by atoms with Gasteiger partial charge in [0, 0.05) is 18.0 Å². The third-order valence-electron chi connectivity index (χ3n) is 4.61. The zero-order chi connectivity index (χ0) is 24.8. The smallest absolute Gasteiger partial charge is 0.487 e. The molecule has 178 valence electrons. The van der Waals surface area contributed by atoms with E-state index in [9.17, 15) is 18.4 Å². The molecule has 0 amide bonds. The predicted molar refractivity (Wildman–Crippen MR) is 116 cm³/mol. The van der Waals surface area contributed by atoms with Gasteiger partial charge in [0.15, 0.2) is 5.75 Å². The van der Waals surface area contributed by atoms with E-state index < -0.39 is 12.1 Å². The second-order valence-corrected chi connectivity index (χ2v) is 7.25. The molecule has 4 aromatic rings. The average Bonchev–Trinajstić information content (AvgIpc) is 3.33. The van der Waals surface area contributed by atoms with Crippen LogP contribution in [0, 0.1) is 11.3 Å². The molecule has 1 unspecified atom stereocenters. The summed E-state index contributed by atoms with van der Waals surface area (Å²) in [6.07, 6.45) is -0.706. The number of nitrogens with zero attached hydrogens (tertiary/aromatic N) is 7. The second-order valence-electron chi connectivity index (χ2n) is 7.25. The van der Waals surface area contributed by atoms with Crippen molar-refractivity contribution in [2.45, 2.75) is 25.9 Å². The van der Waals surface area contributed by atoms with Gasteiger partial charge in [-0.15, -0.1) is 18.3 Å². The number of benzene rings is 2. The van der Waals surface area contributed by atoms with Crippen LogP contribution in [0.1, 0.15) is 12.5 Å². The normalized spacial score (nSPS) is 12.0. The number of aromatic nitrogens is 6. The van der Waals surface area contributed by atoms with Crippen LogP contribution in [-0.4, -0.2) is 42.6 Å². The number of hydrogen-bond donors (Lipinski definition) is 1. The van der Waals surface area contributed by atoms with Crippen molar-refractivity contribution >= 4 is 11.6 Å². The van der Waals surface area contributed by atoms with E-state index in [0.29, 0.717) is 29.0 Å². The van der Waals surface area contributed by atoms with Crippen molar-refractivity contribution in [1.29, 1.82) is 5.26 Å². The number of nitrogens with one attached hydrogen (secondary N) is 1. The van der Waals surface area contributed by atoms with Crippen LogP contribution in [0.3, 0.4) is 0 Å². The molecule has 2 aromatic carbocycles. The van der Waals surface area contributed by atoms with Gasteiger partial charge in [-0.3, -0.25) is 0 Å². The molecule has 0 fully saturated rings. The van der Waals surface area contributed by atoms with Crippen LogP contribution in [0.2, 0.25) is 0 Å². The molecule has 0 saturated carbocycles. The highest BCUT2D eigenvalue weighted by Crippen LogP contribution is 2.32. The number of tetrazole rings is 1. The minimum Gasteiger partial charge on any atom is -0.487 e. The molecule has 4 rings (SSSR count). The Morgan fingerprint density at radius 2 is 1.86 bits per heavy atom. The molecule has 0 spiro atoms. The molecule has 10 nitrogen and oxygen atoms in total. The Bertz CT molecular complexity index is 1320. The van der Waals surface area contributed by atoms with Crippen molar-refractivity contribution in [3.63, 3.8) is 0 Å². The van der Waals surface area contributed by atoms with Crippen molar-refractivity contribution in [3.05, 3.63) is 66.7 Å². The highest BCUT2D eigenvalue weighted by Gasteiger charge is 2.32. The van der Waals surface area contributed by atoms with E-state index in [1.165, 1.54) is 41.6 Å². The third-order valence-corrected chi connectivity index (χ3v) is 4.61. The lowest BCUT2D eigenvalue weighted by atomic mass is 10.1. The van der Waals surface area contributed by atoms with Gasteiger partial charge in [0.25, 0.3) is 0 Å². The summed E-state index contributed by atoms with van der Waals surface area (Å²) in [5.74, 6) is 0.0375. The largest absolute Gasteiger partial charge is 0.573 e. The molecule has 0 aliphatic carbocycles. The summed E-state index contributed by atoms with van der Waals surface area (Å²) < 4.78 is 49.4. The molecule has 0 aliphatic heterocycles. The molecule has 0 aliphatic rings. The Kier molecular flexibility index (Phi) is 6.72. The number of alkyl halides is 3. The topological polar surface area (TPSA) is 124 Å². The predicted octanol–water partition coefficient (Wildman–Crippen LogP) is 4.11. The molecule has 1 N–H and O–H groups in total. The minimum atomic E-state index is -4.83. The van der Waals surface area contributed by atoms with Gasteiger partial charge in [-0.1, -0.05) is 18.2 Å². The Labute approximate surface area is 197 Å². The van der Waals surface area contributed by atoms with Crippen LogP contribution in [-0.2, 0) is 6.54 Å². The number of para-hydroxylation sites is 2. The molecule has 0 radical (unpaired) electrons. The van der Waals surface area contributed by atoms with Crippen molar-refractivity contribution in [2.75, 3.05) is 5.32 Å². The summed E-state index contributed by atoms with van der Waals surface area (Å²) >= 11 is 0. The summed E-state index contributed by atoms with van der Waals surface area (Å²) in [4.78, 5) is 8.36. The Morgan fingerprint density at radius 3 is 2.54 bits per heavy atom. The lowest BCUT2D eigenvalue weighted by molar-refractivity contribution is -0.274. The van der Waals surface area contributed by atoms with Crippen LogP contribution >= 0.6 is 0 Å². The number of rotatable bonds is 8. The van der Waals surface area contributed by atoms with E-state index in [0.717, 1.165) is 0 Å². The first kappa shape index (κ1) is 23.4. The van der Waals surface area contributed by atoms with E-state index in [-0.39, 0.29) is 17.7 Å². The zero-order valence-corrected chi connectivity index (χ0v) is 18.1. The van der Waals surface area contributed by atoms with Crippen molar-refractivity contribution < 1.29 is 22.6 Å². The Balaban J connectivity index is 1.51.